The van der Waals surface area contributed by atoms with Crippen molar-refractivity contribution in [3.63, 3.8) is 0 Å². The first kappa shape index (κ1) is 19.1. The average molecular weight is 399 g/mol. The number of carbonyl (C=O) groups excluding carboxylic acids is 1. The minimum Gasteiger partial charge on any atom is -0.481 e. The van der Waals surface area contributed by atoms with Gasteiger partial charge in [-0.25, -0.2) is 0 Å². The molecule has 1 amide bonds. The number of aliphatic carboxylic acids is 1. The second kappa shape index (κ2) is 8.37. The molecule has 1 aromatic heterocycles. The third kappa shape index (κ3) is 4.21. The lowest BCUT2D eigenvalue weighted by Gasteiger charge is -2.13. The Bertz CT molecular complexity index is 988. The fourth-order valence-corrected chi connectivity index (χ4v) is 4.27. The molecule has 0 atom stereocenters. The Morgan fingerprint density at radius 3 is 2.85 bits per heavy atom. The van der Waals surface area contributed by atoms with Gasteiger partial charge in [-0.1, -0.05) is 42.2 Å². The van der Waals surface area contributed by atoms with Gasteiger partial charge in [-0.15, -0.1) is 0 Å². The van der Waals surface area contributed by atoms with Crippen molar-refractivity contribution < 1.29 is 14.7 Å². The highest BCUT2D eigenvalue weighted by molar-refractivity contribution is 8.26. The highest BCUT2D eigenvalue weighted by atomic mass is 32.2. The number of carboxylic acids is 1. The number of amides is 1. The SMILES string of the molecule is N#CCCn1cc(/C=C2/SC(=S)N(CCCC(=O)O)C2=O)c2ccccc21. The molecule has 6 nitrogen and oxygen atoms in total. The average Bonchev–Trinajstić information content (AvgIpc) is 3.12. The van der Waals surface area contributed by atoms with E-state index in [2.05, 4.69) is 6.07 Å². The summed E-state index contributed by atoms with van der Waals surface area (Å²) >= 11 is 6.52. The van der Waals surface area contributed by atoms with Gasteiger partial charge in [-0.2, -0.15) is 5.26 Å². The zero-order valence-electron chi connectivity index (χ0n) is 14.4. The van der Waals surface area contributed by atoms with E-state index in [1.165, 1.54) is 16.7 Å². The number of carbonyl (C=O) groups is 2. The van der Waals surface area contributed by atoms with Gasteiger partial charge in [0.15, 0.2) is 0 Å². The Labute approximate surface area is 166 Å². The maximum atomic E-state index is 12.7. The van der Waals surface area contributed by atoms with Crippen LogP contribution in [0.15, 0.2) is 35.4 Å². The number of thioether (sulfide) groups is 1. The van der Waals surface area contributed by atoms with Crippen molar-refractivity contribution in [2.24, 2.45) is 0 Å². The number of rotatable bonds is 7. The van der Waals surface area contributed by atoms with Gasteiger partial charge in [-0.3, -0.25) is 14.5 Å². The summed E-state index contributed by atoms with van der Waals surface area (Å²) in [6.45, 7) is 0.888. The lowest BCUT2D eigenvalue weighted by Crippen LogP contribution is -2.29. The van der Waals surface area contributed by atoms with E-state index in [4.69, 9.17) is 22.6 Å². The molecular weight excluding hydrogens is 382 g/mol. The third-order valence-electron chi connectivity index (χ3n) is 4.22. The molecule has 1 N–H and O–H groups in total. The first-order valence-electron chi connectivity index (χ1n) is 8.43. The van der Waals surface area contributed by atoms with Crippen LogP contribution in [-0.4, -0.2) is 37.3 Å². The number of fused-ring (bicyclic) bond motifs is 1. The van der Waals surface area contributed by atoms with Crippen LogP contribution >= 0.6 is 24.0 Å². The molecular formula is C19H17N3O3S2. The lowest BCUT2D eigenvalue weighted by molar-refractivity contribution is -0.137. The third-order valence-corrected chi connectivity index (χ3v) is 5.59. The normalized spacial score (nSPS) is 15.7. The number of carboxylic acid groups (broad SMARTS) is 1. The molecule has 1 saturated heterocycles. The van der Waals surface area contributed by atoms with Crippen LogP contribution in [0.25, 0.3) is 17.0 Å². The largest absolute Gasteiger partial charge is 0.481 e. The molecule has 1 aromatic carbocycles. The zero-order valence-corrected chi connectivity index (χ0v) is 16.1. The Morgan fingerprint density at radius 1 is 1.33 bits per heavy atom. The minimum absolute atomic E-state index is 0.00247. The van der Waals surface area contributed by atoms with Crippen molar-refractivity contribution in [2.45, 2.75) is 25.8 Å². The van der Waals surface area contributed by atoms with Crippen molar-refractivity contribution in [2.75, 3.05) is 6.54 Å². The number of aromatic nitrogens is 1. The Morgan fingerprint density at radius 2 is 2.11 bits per heavy atom. The summed E-state index contributed by atoms with van der Waals surface area (Å²) in [5.41, 5.74) is 1.91. The predicted molar refractivity (Wildman–Crippen MR) is 109 cm³/mol. The van der Waals surface area contributed by atoms with Crippen molar-refractivity contribution in [1.82, 2.24) is 9.47 Å². The van der Waals surface area contributed by atoms with Crippen LogP contribution in [0.3, 0.4) is 0 Å². The van der Waals surface area contributed by atoms with Crippen molar-refractivity contribution in [3.05, 3.63) is 40.9 Å². The molecule has 0 bridgehead atoms. The van der Waals surface area contributed by atoms with Gasteiger partial charge in [0.1, 0.15) is 4.32 Å². The van der Waals surface area contributed by atoms with Gasteiger partial charge in [0.25, 0.3) is 5.91 Å². The zero-order chi connectivity index (χ0) is 19.4. The highest BCUT2D eigenvalue weighted by Crippen LogP contribution is 2.34. The number of benzene rings is 1. The first-order chi connectivity index (χ1) is 13.0. The molecule has 8 heteroatoms. The molecule has 0 unspecified atom stereocenters. The molecule has 0 radical (unpaired) electrons. The van der Waals surface area contributed by atoms with E-state index >= 15 is 0 Å². The monoisotopic (exact) mass is 399 g/mol. The molecule has 0 aliphatic carbocycles. The highest BCUT2D eigenvalue weighted by Gasteiger charge is 2.31. The number of thiocarbonyl (C=S) groups is 1. The summed E-state index contributed by atoms with van der Waals surface area (Å²) in [5.74, 6) is -1.08. The molecule has 1 aliphatic rings. The van der Waals surface area contributed by atoms with Crippen LogP contribution in [0.5, 0.6) is 0 Å². The Kier molecular flexibility index (Phi) is 5.94. The van der Waals surface area contributed by atoms with E-state index in [0.29, 0.717) is 35.2 Å². The van der Waals surface area contributed by atoms with Crippen LogP contribution in [0, 0.1) is 11.3 Å². The van der Waals surface area contributed by atoms with Crippen LogP contribution in [0.1, 0.15) is 24.8 Å². The van der Waals surface area contributed by atoms with Gasteiger partial charge < -0.3 is 9.67 Å². The van der Waals surface area contributed by atoms with E-state index in [0.717, 1.165) is 16.5 Å². The van der Waals surface area contributed by atoms with Gasteiger partial charge in [0.05, 0.1) is 17.4 Å². The first-order valence-corrected chi connectivity index (χ1v) is 9.65. The molecule has 1 aliphatic heterocycles. The summed E-state index contributed by atoms with van der Waals surface area (Å²) in [5, 5.41) is 18.6. The fraction of sp³-hybridized carbons (Fsp3) is 0.263. The maximum absolute atomic E-state index is 12.7. The number of hydrogen-bond donors (Lipinski definition) is 1. The van der Waals surface area contributed by atoms with Crippen molar-refractivity contribution in [1.29, 1.82) is 5.26 Å². The molecule has 2 aromatic rings. The molecule has 27 heavy (non-hydrogen) atoms. The molecule has 2 heterocycles. The standard InChI is InChI=1S/C19H17N3O3S2/c20-8-4-9-21-12-13(14-5-1-2-6-15(14)21)11-16-18(25)22(19(26)27-16)10-3-7-17(23)24/h1-2,5-6,11-12H,3-4,7,9-10H2,(H,23,24)/b16-11+. The second-order valence-electron chi connectivity index (χ2n) is 6.03. The Hall–Kier alpha value is -2.63. The smallest absolute Gasteiger partial charge is 0.303 e. The van der Waals surface area contributed by atoms with E-state index in [1.54, 1.807) is 0 Å². The fourth-order valence-electron chi connectivity index (χ4n) is 2.97. The van der Waals surface area contributed by atoms with Crippen molar-refractivity contribution in [3.8, 4) is 6.07 Å². The van der Waals surface area contributed by atoms with Gasteiger partial charge in [-0.05, 0) is 18.6 Å². The predicted octanol–water partition coefficient (Wildman–Crippen LogP) is 3.62. The number of aryl methyl sites for hydroxylation is 1. The van der Waals surface area contributed by atoms with E-state index in [-0.39, 0.29) is 12.3 Å². The van der Waals surface area contributed by atoms with Gasteiger partial charge in [0.2, 0.25) is 0 Å². The quantitative estimate of drug-likeness (QED) is 0.565. The Balaban J connectivity index is 1.86. The van der Waals surface area contributed by atoms with E-state index in [9.17, 15) is 9.59 Å². The molecule has 1 fully saturated rings. The molecule has 0 spiro atoms. The van der Waals surface area contributed by atoms with Gasteiger partial charge >= 0.3 is 5.97 Å². The van der Waals surface area contributed by atoms with E-state index in [1.807, 2.05) is 41.1 Å². The van der Waals surface area contributed by atoms with Crippen LogP contribution < -0.4 is 0 Å². The summed E-state index contributed by atoms with van der Waals surface area (Å²) in [6, 6.07) is 10.00. The second-order valence-corrected chi connectivity index (χ2v) is 7.71. The summed E-state index contributed by atoms with van der Waals surface area (Å²) in [4.78, 5) is 25.3. The summed E-state index contributed by atoms with van der Waals surface area (Å²) in [6.07, 6.45) is 4.54. The van der Waals surface area contributed by atoms with Crippen molar-refractivity contribution >= 4 is 57.2 Å². The minimum atomic E-state index is -0.888. The van der Waals surface area contributed by atoms with E-state index < -0.39 is 5.97 Å². The topological polar surface area (TPSA) is 86.3 Å². The lowest BCUT2D eigenvalue weighted by atomic mass is 10.1. The number of nitriles is 1. The summed E-state index contributed by atoms with van der Waals surface area (Å²) < 4.78 is 2.46. The molecule has 0 saturated carbocycles. The number of hydrogen-bond acceptors (Lipinski definition) is 5. The van der Waals surface area contributed by atoms with Crippen LogP contribution in [0.2, 0.25) is 0 Å². The molecule has 138 valence electrons. The number of para-hydroxylation sites is 1. The maximum Gasteiger partial charge on any atom is 0.303 e. The van der Waals surface area contributed by atoms with Crippen LogP contribution in [-0.2, 0) is 16.1 Å². The van der Waals surface area contributed by atoms with Gasteiger partial charge in [0, 0.05) is 42.2 Å². The summed E-state index contributed by atoms with van der Waals surface area (Å²) in [7, 11) is 0. The molecule has 3 rings (SSSR count). The number of nitrogens with zero attached hydrogens (tertiary/aromatic N) is 3. The van der Waals surface area contributed by atoms with Crippen LogP contribution in [0.4, 0.5) is 0 Å².